The summed E-state index contributed by atoms with van der Waals surface area (Å²) in [5, 5.41) is 8.20. The molecule has 2 aromatic rings. The van der Waals surface area contributed by atoms with E-state index >= 15 is 0 Å². The van der Waals surface area contributed by atoms with Crippen molar-refractivity contribution >= 4 is 17.3 Å². The van der Waals surface area contributed by atoms with Gasteiger partial charge in [-0.1, -0.05) is 6.58 Å². The summed E-state index contributed by atoms with van der Waals surface area (Å²) in [4.78, 5) is 28.6. The molecule has 4 heterocycles. The highest BCUT2D eigenvalue weighted by molar-refractivity contribution is 6.03. The number of rotatable bonds is 6. The summed E-state index contributed by atoms with van der Waals surface area (Å²) >= 11 is 0. The first-order valence-electron chi connectivity index (χ1n) is 10.8. The average Bonchev–Trinajstić information content (AvgIpc) is 3.36. The molecule has 3 fully saturated rings. The third kappa shape index (κ3) is 4.85. The van der Waals surface area contributed by atoms with Crippen LogP contribution in [0.5, 0.6) is 6.01 Å². The SMILES string of the molecule is C=C/C(C)=N\C(C(=O)N1CC2CCC1C(Oc1ncc(C(F)(F)F)cn1)C2)=C(/C)n1nccn1. The normalized spacial score (nSPS) is 23.5. The second kappa shape index (κ2) is 9.35. The van der Waals surface area contributed by atoms with E-state index in [9.17, 15) is 18.0 Å². The minimum absolute atomic E-state index is 0.147. The molecular weight excluding hydrogens is 451 g/mol. The lowest BCUT2D eigenvalue weighted by molar-refractivity contribution is -0.141. The zero-order chi connectivity index (χ0) is 24.5. The highest BCUT2D eigenvalue weighted by atomic mass is 19.4. The first kappa shape index (κ1) is 23.6. The summed E-state index contributed by atoms with van der Waals surface area (Å²) in [7, 11) is 0. The van der Waals surface area contributed by atoms with Crippen molar-refractivity contribution in [3.8, 4) is 6.01 Å². The summed E-state index contributed by atoms with van der Waals surface area (Å²) in [5.74, 6) is -0.116. The number of hydrogen-bond donors (Lipinski definition) is 0. The predicted octanol–water partition coefficient (Wildman–Crippen LogP) is 3.38. The molecule has 3 aliphatic rings. The van der Waals surface area contributed by atoms with Crippen LogP contribution in [0.25, 0.3) is 5.70 Å². The molecule has 3 unspecified atom stereocenters. The molecule has 12 heteroatoms. The molecule has 2 bridgehead atoms. The molecule has 3 atom stereocenters. The minimum Gasteiger partial charge on any atom is -0.458 e. The highest BCUT2D eigenvalue weighted by Gasteiger charge is 2.45. The van der Waals surface area contributed by atoms with Crippen molar-refractivity contribution in [1.29, 1.82) is 0 Å². The Morgan fingerprint density at radius 3 is 2.47 bits per heavy atom. The van der Waals surface area contributed by atoms with Crippen LogP contribution in [0.3, 0.4) is 0 Å². The molecule has 2 aliphatic heterocycles. The lowest BCUT2D eigenvalue weighted by Crippen LogP contribution is -2.59. The zero-order valence-corrected chi connectivity index (χ0v) is 18.7. The summed E-state index contributed by atoms with van der Waals surface area (Å²) < 4.78 is 44.3. The summed E-state index contributed by atoms with van der Waals surface area (Å²) in [6, 6.07) is -0.442. The van der Waals surface area contributed by atoms with Crippen molar-refractivity contribution < 1.29 is 22.7 Å². The van der Waals surface area contributed by atoms with E-state index in [-0.39, 0.29) is 29.6 Å². The molecule has 2 aromatic heterocycles. The maximum atomic E-state index is 13.7. The molecule has 5 rings (SSSR count). The van der Waals surface area contributed by atoms with Gasteiger partial charge in [0.1, 0.15) is 6.10 Å². The van der Waals surface area contributed by atoms with Crippen molar-refractivity contribution in [3.63, 3.8) is 0 Å². The van der Waals surface area contributed by atoms with E-state index in [0.29, 0.717) is 43.2 Å². The Labute approximate surface area is 194 Å². The van der Waals surface area contributed by atoms with Crippen LogP contribution < -0.4 is 4.74 Å². The Morgan fingerprint density at radius 1 is 1.21 bits per heavy atom. The number of allylic oxidation sites excluding steroid dienone is 2. The quantitative estimate of drug-likeness (QED) is 0.469. The largest absolute Gasteiger partial charge is 0.458 e. The highest BCUT2D eigenvalue weighted by Crippen LogP contribution is 2.38. The Hall–Kier alpha value is -3.57. The molecule has 0 aromatic carbocycles. The Morgan fingerprint density at radius 2 is 1.88 bits per heavy atom. The van der Waals surface area contributed by atoms with Crippen LogP contribution in [0, 0.1) is 5.92 Å². The van der Waals surface area contributed by atoms with Gasteiger partial charge >= 0.3 is 12.2 Å². The molecule has 1 saturated carbocycles. The van der Waals surface area contributed by atoms with E-state index in [4.69, 9.17) is 4.74 Å². The van der Waals surface area contributed by atoms with E-state index < -0.39 is 17.8 Å². The second-order valence-electron chi connectivity index (χ2n) is 8.32. The molecule has 0 spiro atoms. The molecule has 180 valence electrons. The molecule has 1 aliphatic carbocycles. The Bertz CT molecular complexity index is 1110. The smallest absolute Gasteiger partial charge is 0.419 e. The lowest BCUT2D eigenvalue weighted by Gasteiger charge is -2.49. The van der Waals surface area contributed by atoms with Crippen LogP contribution >= 0.6 is 0 Å². The van der Waals surface area contributed by atoms with Gasteiger partial charge in [-0.05, 0) is 45.1 Å². The number of aliphatic imine (C=N–C) groups is 1. The van der Waals surface area contributed by atoms with Gasteiger partial charge in [0, 0.05) is 24.7 Å². The van der Waals surface area contributed by atoms with Gasteiger partial charge in [-0.2, -0.15) is 28.2 Å². The van der Waals surface area contributed by atoms with Crippen molar-refractivity contribution in [3.05, 3.63) is 48.7 Å². The lowest BCUT2D eigenvalue weighted by atomic mass is 9.77. The molecule has 34 heavy (non-hydrogen) atoms. The predicted molar refractivity (Wildman–Crippen MR) is 117 cm³/mol. The summed E-state index contributed by atoms with van der Waals surface area (Å²) in [6.45, 7) is 7.68. The van der Waals surface area contributed by atoms with Crippen LogP contribution in [0.1, 0.15) is 38.7 Å². The standard InChI is InChI=1S/C22H24F3N7O2/c1-4-13(2)30-19(14(3)32-28-7-8-29-32)20(33)31-12-15-5-6-17(31)18(9-15)34-21-26-10-16(11-27-21)22(23,24)25/h4,7-8,10-11,15,17-18H,1,5-6,9,12H2,2-3H3/b19-14+,30-13-. The Kier molecular flexibility index (Phi) is 6.49. The van der Waals surface area contributed by atoms with E-state index in [1.54, 1.807) is 24.8 Å². The van der Waals surface area contributed by atoms with E-state index in [0.717, 1.165) is 6.42 Å². The van der Waals surface area contributed by atoms with Gasteiger partial charge < -0.3 is 9.64 Å². The van der Waals surface area contributed by atoms with Gasteiger partial charge in [0.15, 0.2) is 5.70 Å². The fraction of sp³-hybridized carbons (Fsp3) is 0.455. The molecule has 2 saturated heterocycles. The fourth-order valence-corrected chi connectivity index (χ4v) is 4.28. The van der Waals surface area contributed by atoms with E-state index in [2.05, 4.69) is 31.7 Å². The number of ether oxygens (including phenoxy) is 1. The first-order chi connectivity index (χ1) is 16.2. The van der Waals surface area contributed by atoms with Crippen LogP contribution in [-0.4, -0.2) is 60.2 Å². The number of amides is 1. The van der Waals surface area contributed by atoms with Gasteiger partial charge in [-0.25, -0.2) is 15.0 Å². The fourth-order valence-electron chi connectivity index (χ4n) is 4.28. The second-order valence-corrected chi connectivity index (χ2v) is 8.32. The van der Waals surface area contributed by atoms with Gasteiger partial charge in [0.2, 0.25) is 0 Å². The number of carbonyl (C=O) groups excluding carboxylic acids is 1. The number of fused-ring (bicyclic) bond motifs is 3. The monoisotopic (exact) mass is 475 g/mol. The van der Waals surface area contributed by atoms with Gasteiger partial charge in [0.05, 0.1) is 29.7 Å². The summed E-state index contributed by atoms with van der Waals surface area (Å²) in [5.41, 5.74) is 0.254. The van der Waals surface area contributed by atoms with Crippen molar-refractivity contribution in [1.82, 2.24) is 29.9 Å². The number of piperidine rings is 2. The number of nitrogens with zero attached hydrogens (tertiary/aromatic N) is 7. The zero-order valence-electron chi connectivity index (χ0n) is 18.7. The van der Waals surface area contributed by atoms with Crippen molar-refractivity contribution in [2.75, 3.05) is 6.54 Å². The van der Waals surface area contributed by atoms with Crippen LogP contribution in [-0.2, 0) is 11.0 Å². The molecule has 9 nitrogen and oxygen atoms in total. The van der Waals surface area contributed by atoms with Crippen molar-refractivity contribution in [2.45, 2.75) is 51.4 Å². The van der Waals surface area contributed by atoms with Crippen LogP contribution in [0.4, 0.5) is 13.2 Å². The number of aromatic nitrogens is 5. The third-order valence-corrected chi connectivity index (χ3v) is 6.04. The minimum atomic E-state index is -4.53. The maximum Gasteiger partial charge on any atom is 0.419 e. The van der Waals surface area contributed by atoms with Crippen molar-refractivity contribution in [2.24, 2.45) is 10.9 Å². The maximum absolute atomic E-state index is 13.7. The van der Waals surface area contributed by atoms with Crippen LogP contribution in [0.15, 0.2) is 48.1 Å². The molecular formula is C22H24F3N7O2. The van der Waals surface area contributed by atoms with E-state index in [1.165, 1.54) is 17.2 Å². The number of alkyl halides is 3. The van der Waals surface area contributed by atoms with E-state index in [1.807, 2.05) is 0 Å². The third-order valence-electron chi connectivity index (χ3n) is 6.04. The molecule has 1 amide bonds. The topological polar surface area (TPSA) is 98.4 Å². The Balaban J connectivity index is 1.59. The molecule has 0 N–H and O–H groups in total. The van der Waals surface area contributed by atoms with Crippen LogP contribution in [0.2, 0.25) is 0 Å². The van der Waals surface area contributed by atoms with Gasteiger partial charge in [-0.15, -0.1) is 0 Å². The number of carbonyl (C=O) groups is 1. The van der Waals surface area contributed by atoms with Gasteiger partial charge in [-0.3, -0.25) is 4.79 Å². The number of hydrogen-bond acceptors (Lipinski definition) is 7. The first-order valence-corrected chi connectivity index (χ1v) is 10.8. The average molecular weight is 475 g/mol. The number of halogens is 3. The summed E-state index contributed by atoms with van der Waals surface area (Å²) in [6.07, 6.45) is 3.26. The molecule has 0 radical (unpaired) electrons. The van der Waals surface area contributed by atoms with Gasteiger partial charge in [0.25, 0.3) is 5.91 Å².